The molecule has 116 valence electrons. The third kappa shape index (κ3) is 5.01. The molecule has 4 N–H and O–H groups in total. The Kier molecular flexibility index (Phi) is 5.23. The van der Waals surface area contributed by atoms with E-state index >= 15 is 0 Å². The number of benzene rings is 1. The number of nitro benzene ring substituents is 1. The molecule has 1 rings (SSSR count). The summed E-state index contributed by atoms with van der Waals surface area (Å²) in [5.74, 6) is -0.673. The molecule has 0 aliphatic heterocycles. The fraction of sp³-hybridized carbons (Fsp3) is 0.462. The minimum Gasteiger partial charge on any atom is -0.387 e. The smallest absolute Gasteiger partial charge is 0.292 e. The SMILES string of the molecule is CN(C)CC(C)(O)CNc1cc(C(N)=O)ccc1[N+](=O)[O-]. The van der Waals surface area contributed by atoms with Gasteiger partial charge in [0.05, 0.1) is 10.5 Å². The van der Waals surface area contributed by atoms with Crippen LogP contribution in [0.4, 0.5) is 11.4 Å². The summed E-state index contributed by atoms with van der Waals surface area (Å²) < 4.78 is 0. The summed E-state index contributed by atoms with van der Waals surface area (Å²) in [7, 11) is 3.62. The molecule has 8 nitrogen and oxygen atoms in total. The van der Waals surface area contributed by atoms with Crippen molar-refractivity contribution in [3.05, 3.63) is 33.9 Å². The summed E-state index contributed by atoms with van der Waals surface area (Å²) in [6, 6.07) is 3.82. The van der Waals surface area contributed by atoms with Gasteiger partial charge in [0.25, 0.3) is 5.69 Å². The Labute approximate surface area is 122 Å². The first-order valence-electron chi connectivity index (χ1n) is 6.31. The molecule has 0 aliphatic carbocycles. The van der Waals surface area contributed by atoms with Gasteiger partial charge in [-0.15, -0.1) is 0 Å². The topological polar surface area (TPSA) is 122 Å². The minimum atomic E-state index is -1.08. The predicted molar refractivity (Wildman–Crippen MR) is 79.3 cm³/mol. The first kappa shape index (κ1) is 16.9. The van der Waals surface area contributed by atoms with Gasteiger partial charge in [-0.2, -0.15) is 0 Å². The lowest BCUT2D eigenvalue weighted by Crippen LogP contribution is -2.43. The third-order valence-electron chi connectivity index (χ3n) is 2.79. The summed E-state index contributed by atoms with van der Waals surface area (Å²) in [5.41, 5.74) is 4.21. The second-order valence-electron chi connectivity index (χ2n) is 5.44. The quantitative estimate of drug-likeness (QED) is 0.495. The second-order valence-corrected chi connectivity index (χ2v) is 5.44. The maximum absolute atomic E-state index is 11.1. The molecule has 21 heavy (non-hydrogen) atoms. The number of hydrogen-bond donors (Lipinski definition) is 3. The van der Waals surface area contributed by atoms with Crippen LogP contribution in [0.1, 0.15) is 17.3 Å². The summed E-state index contributed by atoms with van der Waals surface area (Å²) in [5, 5.41) is 24.0. The zero-order chi connectivity index (χ0) is 16.2. The van der Waals surface area contributed by atoms with Crippen molar-refractivity contribution < 1.29 is 14.8 Å². The number of amides is 1. The molecule has 0 radical (unpaired) electrons. The maximum atomic E-state index is 11.1. The molecule has 1 aromatic carbocycles. The Morgan fingerprint density at radius 1 is 1.52 bits per heavy atom. The van der Waals surface area contributed by atoms with Crippen LogP contribution in [0, 0.1) is 10.1 Å². The highest BCUT2D eigenvalue weighted by Gasteiger charge is 2.23. The average Bonchev–Trinajstić information content (AvgIpc) is 2.34. The Balaban J connectivity index is 2.97. The number of carbonyl (C=O) groups excluding carboxylic acids is 1. The van der Waals surface area contributed by atoms with Crippen LogP contribution in [0.3, 0.4) is 0 Å². The van der Waals surface area contributed by atoms with E-state index in [0.29, 0.717) is 6.54 Å². The molecule has 0 saturated heterocycles. The van der Waals surface area contributed by atoms with Crippen LogP contribution in [-0.2, 0) is 0 Å². The zero-order valence-corrected chi connectivity index (χ0v) is 12.3. The molecule has 1 unspecified atom stereocenters. The van der Waals surface area contributed by atoms with Crippen molar-refractivity contribution in [3.63, 3.8) is 0 Å². The van der Waals surface area contributed by atoms with Gasteiger partial charge in [0, 0.05) is 24.7 Å². The van der Waals surface area contributed by atoms with Gasteiger partial charge < -0.3 is 21.1 Å². The lowest BCUT2D eigenvalue weighted by molar-refractivity contribution is -0.384. The predicted octanol–water partition coefficient (Wildman–Crippen LogP) is 0.418. The number of carbonyl (C=O) groups is 1. The normalized spacial score (nSPS) is 13.8. The number of likely N-dealkylation sites (N-methyl/N-ethyl adjacent to an activating group) is 1. The van der Waals surface area contributed by atoms with Crippen molar-refractivity contribution in [3.8, 4) is 0 Å². The van der Waals surface area contributed by atoms with Crippen molar-refractivity contribution in [1.29, 1.82) is 0 Å². The second kappa shape index (κ2) is 6.51. The lowest BCUT2D eigenvalue weighted by Gasteiger charge is -2.27. The van der Waals surface area contributed by atoms with Crippen LogP contribution in [0.2, 0.25) is 0 Å². The number of nitro groups is 1. The molecule has 8 heteroatoms. The first-order valence-corrected chi connectivity index (χ1v) is 6.31. The monoisotopic (exact) mass is 296 g/mol. The summed E-state index contributed by atoms with van der Waals surface area (Å²) >= 11 is 0. The van der Waals surface area contributed by atoms with Gasteiger partial charge in [0.2, 0.25) is 5.91 Å². The molecular weight excluding hydrogens is 276 g/mol. The molecule has 0 aromatic heterocycles. The standard InChI is InChI=1S/C13H20N4O4/c1-13(19,8-16(2)3)7-15-10-6-9(12(14)18)4-5-11(10)17(20)21/h4-6,15,19H,7-8H2,1-3H3,(H2,14,18). The molecule has 1 atom stereocenters. The van der Waals surface area contributed by atoms with E-state index in [9.17, 15) is 20.0 Å². The van der Waals surface area contributed by atoms with Crippen LogP contribution < -0.4 is 11.1 Å². The van der Waals surface area contributed by atoms with E-state index in [-0.39, 0.29) is 23.5 Å². The highest BCUT2D eigenvalue weighted by atomic mass is 16.6. The number of nitrogens with one attached hydrogen (secondary N) is 1. The number of anilines is 1. The van der Waals surface area contributed by atoms with E-state index in [1.165, 1.54) is 18.2 Å². The van der Waals surface area contributed by atoms with Gasteiger partial charge in [-0.3, -0.25) is 14.9 Å². The molecule has 0 spiro atoms. The molecule has 0 heterocycles. The summed E-state index contributed by atoms with van der Waals surface area (Å²) in [6.07, 6.45) is 0. The Bertz CT molecular complexity index is 543. The molecule has 1 aromatic rings. The largest absolute Gasteiger partial charge is 0.387 e. The number of primary amides is 1. The van der Waals surface area contributed by atoms with Gasteiger partial charge in [0.15, 0.2) is 0 Å². The number of nitrogens with zero attached hydrogens (tertiary/aromatic N) is 2. The van der Waals surface area contributed by atoms with E-state index in [2.05, 4.69) is 5.32 Å². The molecular formula is C13H20N4O4. The Morgan fingerprint density at radius 2 is 2.14 bits per heavy atom. The molecule has 0 aliphatic rings. The van der Waals surface area contributed by atoms with Crippen LogP contribution in [0.15, 0.2) is 18.2 Å². The van der Waals surface area contributed by atoms with Gasteiger partial charge in [0.1, 0.15) is 5.69 Å². The summed E-state index contributed by atoms with van der Waals surface area (Å²) in [6.45, 7) is 2.08. The van der Waals surface area contributed by atoms with Crippen LogP contribution >= 0.6 is 0 Å². The highest BCUT2D eigenvalue weighted by Crippen LogP contribution is 2.26. The highest BCUT2D eigenvalue weighted by molar-refractivity contribution is 5.94. The lowest BCUT2D eigenvalue weighted by atomic mass is 10.1. The number of hydrogen-bond acceptors (Lipinski definition) is 6. The molecule has 0 fully saturated rings. The van der Waals surface area contributed by atoms with Gasteiger partial charge in [-0.05, 0) is 33.2 Å². The summed E-state index contributed by atoms with van der Waals surface area (Å²) in [4.78, 5) is 23.4. The van der Waals surface area contributed by atoms with Crippen LogP contribution in [0.5, 0.6) is 0 Å². The minimum absolute atomic E-state index is 0.0915. The van der Waals surface area contributed by atoms with E-state index < -0.39 is 16.4 Å². The van der Waals surface area contributed by atoms with E-state index in [0.717, 1.165) is 0 Å². The zero-order valence-electron chi connectivity index (χ0n) is 12.3. The van der Waals surface area contributed by atoms with Crippen molar-refractivity contribution in [2.45, 2.75) is 12.5 Å². The van der Waals surface area contributed by atoms with Crippen LogP contribution in [-0.4, -0.2) is 53.6 Å². The third-order valence-corrected chi connectivity index (χ3v) is 2.79. The van der Waals surface area contributed by atoms with Crippen molar-refractivity contribution in [1.82, 2.24) is 4.90 Å². The van der Waals surface area contributed by atoms with E-state index in [1.807, 2.05) is 14.1 Å². The van der Waals surface area contributed by atoms with Gasteiger partial charge in [-0.25, -0.2) is 0 Å². The maximum Gasteiger partial charge on any atom is 0.292 e. The Morgan fingerprint density at radius 3 is 2.62 bits per heavy atom. The fourth-order valence-corrected chi connectivity index (χ4v) is 2.01. The molecule has 0 bridgehead atoms. The number of aliphatic hydroxyl groups is 1. The number of rotatable bonds is 7. The first-order chi connectivity index (χ1) is 9.62. The van der Waals surface area contributed by atoms with E-state index in [1.54, 1.807) is 11.8 Å². The van der Waals surface area contributed by atoms with E-state index in [4.69, 9.17) is 5.73 Å². The Hall–Kier alpha value is -2.19. The molecule has 1 amide bonds. The average molecular weight is 296 g/mol. The van der Waals surface area contributed by atoms with Crippen molar-refractivity contribution in [2.75, 3.05) is 32.5 Å². The van der Waals surface area contributed by atoms with Gasteiger partial charge in [-0.1, -0.05) is 0 Å². The number of nitrogens with two attached hydrogens (primary N) is 1. The van der Waals surface area contributed by atoms with Gasteiger partial charge >= 0.3 is 0 Å². The fourth-order valence-electron chi connectivity index (χ4n) is 2.01. The van der Waals surface area contributed by atoms with Crippen LogP contribution in [0.25, 0.3) is 0 Å². The molecule has 0 saturated carbocycles. The van der Waals surface area contributed by atoms with Crippen molar-refractivity contribution >= 4 is 17.3 Å². The van der Waals surface area contributed by atoms with Crippen molar-refractivity contribution in [2.24, 2.45) is 5.73 Å².